The van der Waals surface area contributed by atoms with Gasteiger partial charge < -0.3 is 38.7 Å². The van der Waals surface area contributed by atoms with Gasteiger partial charge in [-0.25, -0.2) is 19.0 Å². The average molecular weight is 658 g/mol. The van der Waals surface area contributed by atoms with Crippen molar-refractivity contribution in [1.82, 2.24) is 19.5 Å². The highest BCUT2D eigenvalue weighted by atomic mass is 32.2. The summed E-state index contributed by atoms with van der Waals surface area (Å²) < 4.78 is 57.3. The van der Waals surface area contributed by atoms with E-state index in [0.29, 0.717) is 29.0 Å². The number of hydrogen-bond donors (Lipinski definition) is 1. The molecule has 2 aromatic heterocycles. The monoisotopic (exact) mass is 657 g/mol. The molecule has 18 heteroatoms. The summed E-state index contributed by atoms with van der Waals surface area (Å²) in [5.41, 5.74) is 6.99. The number of benzene rings is 1. The van der Waals surface area contributed by atoms with Gasteiger partial charge in [0.1, 0.15) is 22.6 Å². The van der Waals surface area contributed by atoms with Crippen LogP contribution in [0.25, 0.3) is 11.2 Å². The molecular formula is C26H36N5O11PS. The SMILES string of the molecule is CCCOC(OC=O)OP(=O)(COC(C)Cn1cnc2c(Sc3ccc(OC)cc3)nc(N)nc21)OC(OC=O)OCCC. The zero-order valence-electron chi connectivity index (χ0n) is 24.7. The summed E-state index contributed by atoms with van der Waals surface area (Å²) in [7, 11) is -2.75. The second-order valence-corrected chi connectivity index (χ2v) is 11.9. The molecule has 3 unspecified atom stereocenters. The highest BCUT2D eigenvalue weighted by Crippen LogP contribution is 2.51. The molecule has 0 aliphatic carbocycles. The maximum absolute atomic E-state index is 13.7. The number of hydrogen-bond acceptors (Lipinski definition) is 16. The van der Waals surface area contributed by atoms with E-state index in [9.17, 15) is 14.2 Å². The molecule has 0 amide bonds. The van der Waals surface area contributed by atoms with Crippen molar-refractivity contribution in [3.05, 3.63) is 30.6 Å². The maximum atomic E-state index is 13.7. The molecule has 0 fully saturated rings. The van der Waals surface area contributed by atoms with Crippen molar-refractivity contribution in [2.24, 2.45) is 0 Å². The third-order valence-electron chi connectivity index (χ3n) is 5.44. The molecule has 3 rings (SSSR count). The Bertz CT molecular complexity index is 1350. The van der Waals surface area contributed by atoms with Crippen LogP contribution in [-0.2, 0) is 53.4 Å². The summed E-state index contributed by atoms with van der Waals surface area (Å²) in [6, 6.07) is 7.44. The summed E-state index contributed by atoms with van der Waals surface area (Å²) in [6.45, 7) is 2.53. The molecule has 0 aliphatic rings. The Hall–Kier alpha value is -3.31. The molecule has 2 N–H and O–H groups in total. The van der Waals surface area contributed by atoms with Gasteiger partial charge in [-0.3, -0.25) is 14.2 Å². The molecule has 44 heavy (non-hydrogen) atoms. The van der Waals surface area contributed by atoms with Gasteiger partial charge in [0.05, 0.1) is 39.3 Å². The number of nitrogens with two attached hydrogens (primary N) is 1. The van der Waals surface area contributed by atoms with Crippen LogP contribution in [0.2, 0.25) is 0 Å². The molecule has 0 aliphatic heterocycles. The number of carbonyl (C=O) groups excluding carboxylic acids is 2. The largest absolute Gasteiger partial charge is 0.497 e. The van der Waals surface area contributed by atoms with E-state index in [0.717, 1.165) is 10.6 Å². The summed E-state index contributed by atoms with van der Waals surface area (Å²) in [6.07, 6.45) is 1.38. The van der Waals surface area contributed by atoms with Crippen LogP contribution in [0, 0.1) is 0 Å². The number of anilines is 1. The van der Waals surface area contributed by atoms with E-state index in [-0.39, 0.29) is 38.7 Å². The van der Waals surface area contributed by atoms with Crippen molar-refractivity contribution in [3.8, 4) is 5.75 Å². The van der Waals surface area contributed by atoms with Crippen molar-refractivity contribution >= 4 is 49.4 Å². The smallest absolute Gasteiger partial charge is 0.365 e. The second-order valence-electron chi connectivity index (χ2n) is 8.95. The van der Waals surface area contributed by atoms with Gasteiger partial charge in [-0.15, -0.1) is 0 Å². The van der Waals surface area contributed by atoms with E-state index in [4.69, 9.17) is 43.2 Å². The lowest BCUT2D eigenvalue weighted by atomic mass is 10.3. The number of nitrogen functional groups attached to an aromatic ring is 1. The van der Waals surface area contributed by atoms with Gasteiger partial charge in [0.2, 0.25) is 5.95 Å². The first-order chi connectivity index (χ1) is 21.2. The Kier molecular flexibility index (Phi) is 14.3. The Labute approximate surface area is 258 Å². The van der Waals surface area contributed by atoms with Crippen molar-refractivity contribution in [1.29, 1.82) is 0 Å². The molecule has 3 atom stereocenters. The third-order valence-corrected chi connectivity index (χ3v) is 7.87. The van der Waals surface area contributed by atoms with Gasteiger partial charge >= 0.3 is 20.5 Å². The minimum atomic E-state index is -4.35. The Morgan fingerprint density at radius 2 is 1.59 bits per heavy atom. The standard InChI is InChI=1S/C26H36N5O11PS/c1-5-11-36-25(38-15-32)41-43(34,42-26(39-16-33)37-12-6-2)17-40-18(3)13-31-14-28-21-22(31)29-24(27)30-23(21)44-20-9-7-19(35-4)8-10-20/h7-10,14-16,18,25-26H,5-6,11-13,17H2,1-4H3,(H2,27,29,30). The van der Waals surface area contributed by atoms with Crippen LogP contribution in [0.15, 0.2) is 40.5 Å². The van der Waals surface area contributed by atoms with E-state index >= 15 is 0 Å². The van der Waals surface area contributed by atoms with Gasteiger partial charge in [0, 0.05) is 4.90 Å². The van der Waals surface area contributed by atoms with Gasteiger partial charge in [0.15, 0.2) is 5.65 Å². The molecular weight excluding hydrogens is 621 g/mol. The summed E-state index contributed by atoms with van der Waals surface area (Å²) >= 11 is 1.37. The number of aromatic nitrogens is 4. The normalized spacial score (nSPS) is 14.8. The molecule has 242 valence electrons. The minimum Gasteiger partial charge on any atom is -0.497 e. The summed E-state index contributed by atoms with van der Waals surface area (Å²) in [4.78, 5) is 36.0. The van der Waals surface area contributed by atoms with Crippen LogP contribution in [0.1, 0.15) is 33.6 Å². The molecule has 0 bridgehead atoms. The van der Waals surface area contributed by atoms with E-state index in [1.165, 1.54) is 11.8 Å². The highest BCUT2D eigenvalue weighted by molar-refractivity contribution is 7.99. The van der Waals surface area contributed by atoms with Crippen LogP contribution in [0.5, 0.6) is 5.75 Å². The average Bonchev–Trinajstić information content (AvgIpc) is 3.40. The minimum absolute atomic E-state index is 0.0525. The Morgan fingerprint density at radius 1 is 0.977 bits per heavy atom. The molecule has 0 saturated carbocycles. The maximum Gasteiger partial charge on any atom is 0.365 e. The molecule has 2 heterocycles. The lowest BCUT2D eigenvalue weighted by Crippen LogP contribution is -2.27. The molecule has 3 aromatic rings. The van der Waals surface area contributed by atoms with E-state index in [1.807, 2.05) is 38.1 Å². The Morgan fingerprint density at radius 3 is 2.14 bits per heavy atom. The fourth-order valence-electron chi connectivity index (χ4n) is 3.50. The number of rotatable bonds is 22. The molecule has 0 saturated heterocycles. The number of nitrogens with zero attached hydrogens (tertiary/aromatic N) is 4. The van der Waals surface area contributed by atoms with Crippen LogP contribution >= 0.6 is 19.4 Å². The fourth-order valence-corrected chi connectivity index (χ4v) is 5.73. The van der Waals surface area contributed by atoms with Gasteiger partial charge in [0.25, 0.3) is 12.9 Å². The third kappa shape index (κ3) is 10.7. The van der Waals surface area contributed by atoms with Crippen LogP contribution in [-0.4, -0.2) is 78.2 Å². The number of imidazole rings is 1. The van der Waals surface area contributed by atoms with Crippen molar-refractivity contribution in [3.63, 3.8) is 0 Å². The topological polar surface area (TPSA) is 195 Å². The summed E-state index contributed by atoms with van der Waals surface area (Å²) in [5, 5.41) is 0.554. The zero-order chi connectivity index (χ0) is 32.0. The fraction of sp³-hybridized carbons (Fsp3) is 0.500. The van der Waals surface area contributed by atoms with Crippen molar-refractivity contribution in [2.75, 3.05) is 32.4 Å². The van der Waals surface area contributed by atoms with Gasteiger partial charge in [-0.05, 0) is 44.0 Å². The highest BCUT2D eigenvalue weighted by Gasteiger charge is 2.36. The quantitative estimate of drug-likeness (QED) is 0.0706. The lowest BCUT2D eigenvalue weighted by molar-refractivity contribution is -0.255. The first kappa shape index (κ1) is 35.2. The predicted octanol–water partition coefficient (Wildman–Crippen LogP) is 3.92. The van der Waals surface area contributed by atoms with Crippen LogP contribution in [0.4, 0.5) is 5.95 Å². The number of fused-ring (bicyclic) bond motifs is 1. The Balaban J connectivity index is 1.76. The lowest BCUT2D eigenvalue weighted by Gasteiger charge is -2.26. The molecule has 1 aromatic carbocycles. The first-order valence-electron chi connectivity index (χ1n) is 13.5. The van der Waals surface area contributed by atoms with E-state index in [1.54, 1.807) is 24.9 Å². The first-order valence-corrected chi connectivity index (χ1v) is 16.1. The number of methoxy groups -OCH3 is 1. The molecule has 0 radical (unpaired) electrons. The number of ether oxygens (including phenoxy) is 6. The second kappa shape index (κ2) is 17.9. The zero-order valence-corrected chi connectivity index (χ0v) is 26.4. The van der Waals surface area contributed by atoms with Crippen molar-refractivity contribution in [2.45, 2.75) is 69.1 Å². The number of carbonyl (C=O) groups is 2. The molecule has 0 spiro atoms. The van der Waals surface area contributed by atoms with Crippen LogP contribution in [0.3, 0.4) is 0 Å². The molecule has 16 nitrogen and oxygen atoms in total. The van der Waals surface area contributed by atoms with E-state index in [2.05, 4.69) is 15.0 Å². The van der Waals surface area contributed by atoms with Crippen LogP contribution < -0.4 is 10.5 Å². The predicted molar refractivity (Wildman–Crippen MR) is 156 cm³/mol. The summed E-state index contributed by atoms with van der Waals surface area (Å²) in [5.74, 6) is 0.776. The van der Waals surface area contributed by atoms with E-state index < -0.39 is 33.0 Å². The van der Waals surface area contributed by atoms with Gasteiger partial charge in [-0.1, -0.05) is 25.6 Å². The van der Waals surface area contributed by atoms with Crippen molar-refractivity contribution < 1.29 is 51.6 Å². The van der Waals surface area contributed by atoms with Gasteiger partial charge in [-0.2, -0.15) is 4.98 Å².